The third-order valence-corrected chi connectivity index (χ3v) is 10.2. The molecule has 0 N–H and O–H groups in total. The van der Waals surface area contributed by atoms with Crippen LogP contribution in [0.1, 0.15) is 80.6 Å². The quantitative estimate of drug-likeness (QED) is 0.209. The van der Waals surface area contributed by atoms with Crippen LogP contribution in [0.25, 0.3) is 0 Å². The molecule has 2 aliphatic carbocycles. The number of carbonyl (C=O) groups is 5. The molecule has 2 unspecified atom stereocenters. The summed E-state index contributed by atoms with van der Waals surface area (Å²) < 4.78 is 35.2. The van der Waals surface area contributed by atoms with Gasteiger partial charge in [0.25, 0.3) is 0 Å². The van der Waals surface area contributed by atoms with E-state index >= 15 is 0 Å². The Morgan fingerprint density at radius 1 is 1.10 bits per heavy atom. The number of rotatable bonds is 10. The lowest BCUT2D eigenvalue weighted by molar-refractivity contribution is -0.259. The average molecular weight is 593 g/mol. The van der Waals surface area contributed by atoms with Gasteiger partial charge in [0.05, 0.1) is 17.9 Å². The number of fused-ring (bicyclic) bond motifs is 2. The maximum absolute atomic E-state index is 13.1. The van der Waals surface area contributed by atoms with Gasteiger partial charge in [0.15, 0.2) is 0 Å². The smallest absolute Gasteiger partial charge is 0.331 e. The normalized spacial score (nSPS) is 36.5. The van der Waals surface area contributed by atoms with Gasteiger partial charge in [-0.2, -0.15) is 0 Å². The monoisotopic (exact) mass is 592 g/mol. The Morgan fingerprint density at radius 3 is 2.29 bits per heavy atom. The van der Waals surface area contributed by atoms with Gasteiger partial charge in [0.1, 0.15) is 37.1 Å². The Labute approximate surface area is 246 Å². The van der Waals surface area contributed by atoms with E-state index in [0.717, 1.165) is 0 Å². The molecule has 11 heteroatoms. The molecule has 2 aliphatic heterocycles. The van der Waals surface area contributed by atoms with Crippen LogP contribution in [0, 0.1) is 28.6 Å². The highest BCUT2D eigenvalue weighted by molar-refractivity contribution is 5.85. The number of epoxide rings is 1. The van der Waals surface area contributed by atoms with Crippen LogP contribution in [0.15, 0.2) is 11.6 Å². The van der Waals surface area contributed by atoms with Gasteiger partial charge >= 0.3 is 29.8 Å². The first-order valence-electron chi connectivity index (χ1n) is 14.9. The fraction of sp³-hybridized carbons (Fsp3) is 0.774. The molecule has 1 saturated heterocycles. The molecule has 42 heavy (non-hydrogen) atoms. The standard InChI is InChI=1S/C31H44O11/c1-8-17(2)28(36)42-24(22-12-26(35)37-14-22)13-29(7)18(3)11-25(41-21(6)34)31(16-38-19(4)32)27(29)23(40-20(5)33)9-10-30(31)15-39-30/h12,17-18,23-25,27H,8-11,13-16H2,1-7H3/t17?,18-,23?,24+,25+,27-,29+,30+,31-/m1/s1. The molecule has 0 bridgehead atoms. The van der Waals surface area contributed by atoms with E-state index in [1.807, 2.05) is 13.8 Å². The lowest BCUT2D eigenvalue weighted by Crippen LogP contribution is -2.71. The summed E-state index contributed by atoms with van der Waals surface area (Å²) in [7, 11) is 0. The molecule has 9 atom stereocenters. The zero-order valence-electron chi connectivity index (χ0n) is 25.7. The van der Waals surface area contributed by atoms with Gasteiger partial charge in [-0.05, 0) is 43.4 Å². The highest BCUT2D eigenvalue weighted by atomic mass is 16.6. The van der Waals surface area contributed by atoms with Crippen LogP contribution in [0.3, 0.4) is 0 Å². The molecular weight excluding hydrogens is 548 g/mol. The lowest BCUT2D eigenvalue weighted by Gasteiger charge is -2.64. The molecule has 0 aromatic carbocycles. The van der Waals surface area contributed by atoms with Crippen molar-refractivity contribution in [1.29, 1.82) is 0 Å². The zero-order valence-corrected chi connectivity index (χ0v) is 25.7. The van der Waals surface area contributed by atoms with Gasteiger partial charge in [0, 0.05) is 38.3 Å². The minimum atomic E-state index is -1.05. The summed E-state index contributed by atoms with van der Waals surface area (Å²) >= 11 is 0. The predicted octanol–water partition coefficient (Wildman–Crippen LogP) is 3.46. The first-order chi connectivity index (χ1) is 19.7. The van der Waals surface area contributed by atoms with E-state index < -0.39 is 64.5 Å². The second-order valence-electron chi connectivity index (χ2n) is 12.8. The minimum Gasteiger partial charge on any atom is -0.465 e. The molecule has 1 spiro atoms. The van der Waals surface area contributed by atoms with E-state index in [9.17, 15) is 24.0 Å². The van der Waals surface area contributed by atoms with E-state index in [2.05, 4.69) is 6.92 Å². The van der Waals surface area contributed by atoms with Gasteiger partial charge < -0.3 is 28.4 Å². The minimum absolute atomic E-state index is 0.00149. The summed E-state index contributed by atoms with van der Waals surface area (Å²) in [5, 5.41) is 0. The zero-order chi connectivity index (χ0) is 31.0. The number of carbonyl (C=O) groups excluding carboxylic acids is 5. The molecule has 0 amide bonds. The Morgan fingerprint density at radius 2 is 1.76 bits per heavy atom. The summed E-state index contributed by atoms with van der Waals surface area (Å²) in [4.78, 5) is 62.3. The molecule has 0 aromatic heterocycles. The molecule has 0 radical (unpaired) electrons. The van der Waals surface area contributed by atoms with Crippen LogP contribution in [-0.2, 0) is 52.4 Å². The van der Waals surface area contributed by atoms with Gasteiger partial charge in [-0.15, -0.1) is 0 Å². The number of hydrogen-bond acceptors (Lipinski definition) is 11. The van der Waals surface area contributed by atoms with Gasteiger partial charge in [-0.25, -0.2) is 4.79 Å². The van der Waals surface area contributed by atoms with Crippen molar-refractivity contribution in [2.75, 3.05) is 19.8 Å². The van der Waals surface area contributed by atoms with Gasteiger partial charge in [0.2, 0.25) is 0 Å². The van der Waals surface area contributed by atoms with Gasteiger partial charge in [-0.3, -0.25) is 19.2 Å². The van der Waals surface area contributed by atoms with Gasteiger partial charge in [-0.1, -0.05) is 27.7 Å². The van der Waals surface area contributed by atoms with Crippen molar-refractivity contribution in [3.8, 4) is 0 Å². The topological polar surface area (TPSA) is 144 Å². The Balaban J connectivity index is 1.87. The lowest BCUT2D eigenvalue weighted by atomic mass is 9.42. The largest absolute Gasteiger partial charge is 0.465 e. The maximum atomic E-state index is 13.1. The van der Waals surface area contributed by atoms with E-state index in [1.54, 1.807) is 6.92 Å². The van der Waals surface area contributed by atoms with Crippen LogP contribution >= 0.6 is 0 Å². The highest BCUT2D eigenvalue weighted by Gasteiger charge is 2.77. The number of hydrogen-bond donors (Lipinski definition) is 0. The summed E-state index contributed by atoms with van der Waals surface area (Å²) in [6, 6.07) is 0. The molecule has 11 nitrogen and oxygen atoms in total. The van der Waals surface area contributed by atoms with Crippen LogP contribution < -0.4 is 0 Å². The third kappa shape index (κ3) is 5.81. The molecular formula is C31H44O11. The number of cyclic esters (lactones) is 1. The average Bonchev–Trinajstić information content (AvgIpc) is 3.56. The Hall–Kier alpha value is -2.95. The molecule has 4 rings (SSSR count). The van der Waals surface area contributed by atoms with Crippen LogP contribution in [0.2, 0.25) is 0 Å². The van der Waals surface area contributed by atoms with Crippen molar-refractivity contribution >= 4 is 29.8 Å². The Kier molecular flexibility index (Phi) is 9.11. The van der Waals surface area contributed by atoms with Crippen LogP contribution in [0.4, 0.5) is 0 Å². The van der Waals surface area contributed by atoms with Crippen molar-refractivity contribution in [2.45, 2.75) is 104 Å². The van der Waals surface area contributed by atoms with Crippen molar-refractivity contribution < 1.29 is 52.4 Å². The molecule has 2 heterocycles. The molecule has 234 valence electrons. The first-order valence-corrected chi connectivity index (χ1v) is 14.9. The number of esters is 5. The van der Waals surface area contributed by atoms with Crippen molar-refractivity contribution in [2.24, 2.45) is 28.6 Å². The molecule has 3 fully saturated rings. The Bertz CT molecular complexity index is 1140. The summed E-state index contributed by atoms with van der Waals surface area (Å²) in [5.74, 6) is -3.36. The molecule has 4 aliphatic rings. The highest BCUT2D eigenvalue weighted by Crippen LogP contribution is 2.69. The molecule has 2 saturated carbocycles. The van der Waals surface area contributed by atoms with Crippen LogP contribution in [-0.4, -0.2) is 73.6 Å². The van der Waals surface area contributed by atoms with Crippen molar-refractivity contribution in [3.05, 3.63) is 11.6 Å². The second kappa shape index (κ2) is 12.0. The summed E-state index contributed by atoms with van der Waals surface area (Å²) in [6.07, 6.45) is 1.53. The first kappa shape index (κ1) is 32.0. The summed E-state index contributed by atoms with van der Waals surface area (Å²) in [6.45, 7) is 12.0. The fourth-order valence-electron chi connectivity index (χ4n) is 7.71. The van der Waals surface area contributed by atoms with Crippen molar-refractivity contribution in [3.63, 3.8) is 0 Å². The second-order valence-corrected chi connectivity index (χ2v) is 12.8. The van der Waals surface area contributed by atoms with Crippen LogP contribution in [0.5, 0.6) is 0 Å². The third-order valence-electron chi connectivity index (χ3n) is 10.2. The summed E-state index contributed by atoms with van der Waals surface area (Å²) in [5.41, 5.74) is -2.00. The fourth-order valence-corrected chi connectivity index (χ4v) is 7.71. The predicted molar refractivity (Wildman–Crippen MR) is 146 cm³/mol. The van der Waals surface area contributed by atoms with E-state index in [4.69, 9.17) is 28.4 Å². The number of ether oxygens (including phenoxy) is 6. The van der Waals surface area contributed by atoms with E-state index in [1.165, 1.54) is 26.8 Å². The maximum Gasteiger partial charge on any atom is 0.331 e. The van der Waals surface area contributed by atoms with E-state index in [0.29, 0.717) is 37.9 Å². The SMILES string of the molecule is CCC(C)C(=O)O[C@@H](C[C@@]1(C)[C@H](C)C[C@H](OC(C)=O)[C@]2(COC(C)=O)[C@@H]1C(OC(C)=O)CC[C@]21CO1)C1=CC(=O)OC1. The molecule has 0 aromatic rings. The van der Waals surface area contributed by atoms with E-state index in [-0.39, 0.29) is 37.4 Å². The van der Waals surface area contributed by atoms with Crippen molar-refractivity contribution in [1.82, 2.24) is 0 Å².